The predicted octanol–water partition coefficient (Wildman–Crippen LogP) is 0.167. The van der Waals surface area contributed by atoms with E-state index in [0.717, 1.165) is 15.5 Å². The summed E-state index contributed by atoms with van der Waals surface area (Å²) >= 11 is 2.11. The minimum absolute atomic E-state index is 0.0352. The molecule has 0 bridgehead atoms. The Bertz CT molecular complexity index is 700. The van der Waals surface area contributed by atoms with Crippen LogP contribution < -0.4 is 5.73 Å². The summed E-state index contributed by atoms with van der Waals surface area (Å²) < 4.78 is 2.56. The Hall–Kier alpha value is -1.49. The zero-order chi connectivity index (χ0) is 15.1. The van der Waals surface area contributed by atoms with Crippen molar-refractivity contribution in [2.75, 3.05) is 18.8 Å². The molecule has 3 N–H and O–H groups in total. The summed E-state index contributed by atoms with van der Waals surface area (Å²) in [6.07, 6.45) is 1.21. The Kier molecular flexibility index (Phi) is 3.69. The number of halogens is 1. The molecule has 9 heteroatoms. The lowest BCUT2D eigenvalue weighted by molar-refractivity contribution is -0.138. The third-order valence-electron chi connectivity index (χ3n) is 3.65. The van der Waals surface area contributed by atoms with Gasteiger partial charge in [0.05, 0.1) is 11.4 Å². The number of carbonyl (C=O) groups excluding carboxylic acids is 1. The lowest BCUT2D eigenvalue weighted by atomic mass is 10.2. The van der Waals surface area contributed by atoms with Crippen molar-refractivity contribution in [3.05, 3.63) is 10.0 Å². The molecule has 21 heavy (non-hydrogen) atoms. The standard InChI is InChI=1S/C12H15IN6O2/c1-6(20)12(21)18-3-2-7(4-18)19-11-8(9(13)17-19)10(14)15-5-16-11/h5-7,20H,2-4H2,1H3,(H2,14,15,16)/t6-,7-/m1/s1. The smallest absolute Gasteiger partial charge is 0.251 e. The van der Waals surface area contributed by atoms with Crippen LogP contribution in [0, 0.1) is 3.70 Å². The lowest BCUT2D eigenvalue weighted by Gasteiger charge is -2.18. The molecule has 0 radical (unpaired) electrons. The molecule has 1 amide bonds. The first-order valence-corrected chi connectivity index (χ1v) is 7.68. The number of carbonyl (C=O) groups is 1. The molecule has 0 saturated carbocycles. The highest BCUT2D eigenvalue weighted by molar-refractivity contribution is 14.1. The van der Waals surface area contributed by atoms with Gasteiger partial charge in [-0.25, -0.2) is 14.6 Å². The molecule has 112 valence electrons. The topological polar surface area (TPSA) is 110 Å². The van der Waals surface area contributed by atoms with Crippen LogP contribution in [-0.4, -0.2) is 54.9 Å². The van der Waals surface area contributed by atoms with E-state index < -0.39 is 6.10 Å². The molecule has 1 saturated heterocycles. The van der Waals surface area contributed by atoms with E-state index in [9.17, 15) is 9.90 Å². The summed E-state index contributed by atoms with van der Waals surface area (Å²) in [4.78, 5) is 21.7. The van der Waals surface area contributed by atoms with Crippen molar-refractivity contribution in [1.29, 1.82) is 0 Å². The normalized spacial score (nSPS) is 20.1. The fourth-order valence-electron chi connectivity index (χ4n) is 2.61. The Labute approximate surface area is 134 Å². The number of amides is 1. The van der Waals surface area contributed by atoms with Crippen molar-refractivity contribution in [2.24, 2.45) is 0 Å². The van der Waals surface area contributed by atoms with Gasteiger partial charge >= 0.3 is 0 Å². The number of aliphatic hydroxyl groups is 1. The molecule has 0 aliphatic carbocycles. The number of fused-ring (bicyclic) bond motifs is 1. The minimum Gasteiger partial charge on any atom is -0.384 e. The molecule has 0 unspecified atom stereocenters. The maximum atomic E-state index is 11.8. The molecule has 1 aliphatic rings. The molecular formula is C12H15IN6O2. The summed E-state index contributed by atoms with van der Waals surface area (Å²) in [5, 5.41) is 14.6. The van der Waals surface area contributed by atoms with Gasteiger partial charge in [-0.3, -0.25) is 4.79 Å². The highest BCUT2D eigenvalue weighted by atomic mass is 127. The molecule has 3 heterocycles. The number of rotatable bonds is 2. The average Bonchev–Trinajstić information content (AvgIpc) is 3.03. The molecule has 8 nitrogen and oxygen atoms in total. The second-order valence-electron chi connectivity index (χ2n) is 5.10. The highest BCUT2D eigenvalue weighted by Crippen LogP contribution is 2.29. The monoisotopic (exact) mass is 402 g/mol. The summed E-state index contributed by atoms with van der Waals surface area (Å²) in [5.41, 5.74) is 6.56. The van der Waals surface area contributed by atoms with Crippen LogP contribution in [0.1, 0.15) is 19.4 Å². The fourth-order valence-corrected chi connectivity index (χ4v) is 3.36. The number of nitrogens with zero attached hydrogens (tertiary/aromatic N) is 5. The van der Waals surface area contributed by atoms with E-state index in [1.807, 2.05) is 4.68 Å². The number of nitrogens with two attached hydrogens (primary N) is 1. The quantitative estimate of drug-likeness (QED) is 0.693. The Balaban J connectivity index is 1.93. The molecule has 0 spiro atoms. The van der Waals surface area contributed by atoms with Crippen LogP contribution in [0.2, 0.25) is 0 Å². The van der Waals surface area contributed by atoms with Crippen LogP contribution in [0.15, 0.2) is 6.33 Å². The van der Waals surface area contributed by atoms with Gasteiger partial charge in [-0.05, 0) is 35.9 Å². The third-order valence-corrected chi connectivity index (χ3v) is 4.41. The molecule has 1 aliphatic heterocycles. The second-order valence-corrected chi connectivity index (χ2v) is 6.12. The predicted molar refractivity (Wildman–Crippen MR) is 84.4 cm³/mol. The zero-order valence-electron chi connectivity index (χ0n) is 11.4. The van der Waals surface area contributed by atoms with Gasteiger partial charge in [0.1, 0.15) is 21.9 Å². The van der Waals surface area contributed by atoms with Crippen molar-refractivity contribution in [3.63, 3.8) is 0 Å². The summed E-state index contributed by atoms with van der Waals surface area (Å²) in [5.74, 6) is 0.156. The average molecular weight is 402 g/mol. The van der Waals surface area contributed by atoms with E-state index in [4.69, 9.17) is 5.73 Å². The SMILES string of the molecule is C[C@@H](O)C(=O)N1CC[C@@H](n2nc(I)c3c(N)ncnc32)C1. The number of hydrogen-bond acceptors (Lipinski definition) is 6. The number of nitrogen functional groups attached to an aromatic ring is 1. The molecule has 2 aromatic heterocycles. The van der Waals surface area contributed by atoms with E-state index in [2.05, 4.69) is 37.7 Å². The number of aliphatic hydroxyl groups excluding tert-OH is 1. The van der Waals surface area contributed by atoms with E-state index in [1.54, 1.807) is 4.90 Å². The summed E-state index contributed by atoms with van der Waals surface area (Å²) in [7, 11) is 0. The van der Waals surface area contributed by atoms with Crippen molar-refractivity contribution in [3.8, 4) is 0 Å². The first-order valence-electron chi connectivity index (χ1n) is 6.60. The van der Waals surface area contributed by atoms with Gasteiger partial charge in [0, 0.05) is 13.1 Å². The van der Waals surface area contributed by atoms with Gasteiger partial charge in [-0.2, -0.15) is 5.10 Å². The maximum absolute atomic E-state index is 11.8. The van der Waals surface area contributed by atoms with Gasteiger partial charge < -0.3 is 15.7 Å². The second kappa shape index (κ2) is 5.37. The van der Waals surface area contributed by atoms with Crippen molar-refractivity contribution in [1.82, 2.24) is 24.6 Å². The van der Waals surface area contributed by atoms with Gasteiger partial charge in [-0.15, -0.1) is 0 Å². The van der Waals surface area contributed by atoms with Crippen molar-refractivity contribution in [2.45, 2.75) is 25.5 Å². The van der Waals surface area contributed by atoms with Gasteiger partial charge in [0.25, 0.3) is 5.91 Å². The van der Waals surface area contributed by atoms with Crippen LogP contribution >= 0.6 is 22.6 Å². The Morgan fingerprint density at radius 3 is 3.05 bits per heavy atom. The first kappa shape index (κ1) is 14.4. The molecular weight excluding hydrogens is 387 g/mol. The van der Waals surface area contributed by atoms with Crippen molar-refractivity contribution >= 4 is 45.3 Å². The summed E-state index contributed by atoms with van der Waals surface area (Å²) in [6.45, 7) is 2.60. The molecule has 3 rings (SSSR count). The van der Waals surface area contributed by atoms with Crippen LogP contribution in [0.3, 0.4) is 0 Å². The largest absolute Gasteiger partial charge is 0.384 e. The van der Waals surface area contributed by atoms with E-state index in [1.165, 1.54) is 13.3 Å². The number of aromatic nitrogens is 4. The number of hydrogen-bond donors (Lipinski definition) is 2. The van der Waals surface area contributed by atoms with Crippen LogP contribution in [0.5, 0.6) is 0 Å². The molecule has 1 fully saturated rings. The third kappa shape index (κ3) is 2.44. The van der Waals surface area contributed by atoms with Gasteiger partial charge in [0.15, 0.2) is 5.65 Å². The maximum Gasteiger partial charge on any atom is 0.251 e. The van der Waals surface area contributed by atoms with Gasteiger partial charge in [-0.1, -0.05) is 0 Å². The zero-order valence-corrected chi connectivity index (χ0v) is 13.6. The van der Waals surface area contributed by atoms with Crippen LogP contribution in [0.25, 0.3) is 11.0 Å². The Morgan fingerprint density at radius 1 is 1.57 bits per heavy atom. The van der Waals surface area contributed by atoms with Crippen LogP contribution in [-0.2, 0) is 4.79 Å². The molecule has 2 aromatic rings. The minimum atomic E-state index is -0.976. The van der Waals surface area contributed by atoms with Gasteiger partial charge in [0.2, 0.25) is 0 Å². The fraction of sp³-hybridized carbons (Fsp3) is 0.500. The number of likely N-dealkylation sites (tertiary alicyclic amines) is 1. The Morgan fingerprint density at radius 2 is 2.33 bits per heavy atom. The van der Waals surface area contributed by atoms with E-state index in [0.29, 0.717) is 24.6 Å². The van der Waals surface area contributed by atoms with E-state index >= 15 is 0 Å². The van der Waals surface area contributed by atoms with Crippen molar-refractivity contribution < 1.29 is 9.90 Å². The summed E-state index contributed by atoms with van der Waals surface area (Å²) in [6, 6.07) is 0.0352. The molecule has 2 atom stereocenters. The first-order chi connectivity index (χ1) is 9.99. The lowest BCUT2D eigenvalue weighted by Crippen LogP contribution is -2.36. The van der Waals surface area contributed by atoms with Crippen LogP contribution in [0.4, 0.5) is 5.82 Å². The molecule has 0 aromatic carbocycles. The number of anilines is 1. The van der Waals surface area contributed by atoms with E-state index in [-0.39, 0.29) is 11.9 Å². The highest BCUT2D eigenvalue weighted by Gasteiger charge is 2.31.